The van der Waals surface area contributed by atoms with E-state index in [1.807, 2.05) is 0 Å². The molecule has 20 heavy (non-hydrogen) atoms. The second-order valence-corrected chi connectivity index (χ2v) is 6.52. The number of hydrogen-bond donors (Lipinski definition) is 1. The summed E-state index contributed by atoms with van der Waals surface area (Å²) in [6.07, 6.45) is 12.7. The van der Waals surface area contributed by atoms with Crippen LogP contribution in [0.25, 0.3) is 0 Å². The molecule has 0 heterocycles. The van der Waals surface area contributed by atoms with Gasteiger partial charge in [-0.1, -0.05) is 51.9 Å². The van der Waals surface area contributed by atoms with E-state index in [1.54, 1.807) is 0 Å². The molecule has 1 aliphatic rings. The van der Waals surface area contributed by atoms with Crippen LogP contribution >= 0.6 is 0 Å². The van der Waals surface area contributed by atoms with Gasteiger partial charge in [-0.05, 0) is 33.2 Å². The van der Waals surface area contributed by atoms with Gasteiger partial charge in [0.05, 0.1) is 6.54 Å². The fourth-order valence-corrected chi connectivity index (χ4v) is 3.15. The van der Waals surface area contributed by atoms with Crippen LogP contribution in [0.3, 0.4) is 0 Å². The summed E-state index contributed by atoms with van der Waals surface area (Å²) < 4.78 is 0. The Kier molecular flexibility index (Phi) is 8.92. The molecule has 0 aromatic carbocycles. The van der Waals surface area contributed by atoms with Crippen molar-refractivity contribution in [3.8, 4) is 0 Å². The molecule has 0 spiro atoms. The standard InChI is InChI=1S/C17H34N2O/c1-4-5-8-11-15(2)18-17(20)14-19(3)16-12-9-6-7-10-13-16/h15-16H,4-14H2,1-3H3,(H,18,20). The third-order valence-corrected chi connectivity index (χ3v) is 4.49. The molecule has 0 aliphatic heterocycles. The van der Waals surface area contributed by atoms with Gasteiger partial charge in [0.15, 0.2) is 0 Å². The van der Waals surface area contributed by atoms with Crippen LogP contribution < -0.4 is 5.32 Å². The zero-order valence-corrected chi connectivity index (χ0v) is 13.8. The van der Waals surface area contributed by atoms with E-state index in [-0.39, 0.29) is 5.91 Å². The molecule has 3 nitrogen and oxygen atoms in total. The summed E-state index contributed by atoms with van der Waals surface area (Å²) in [7, 11) is 2.11. The van der Waals surface area contributed by atoms with E-state index >= 15 is 0 Å². The van der Waals surface area contributed by atoms with Crippen LogP contribution in [0.1, 0.15) is 78.1 Å². The molecule has 1 N–H and O–H groups in total. The minimum Gasteiger partial charge on any atom is -0.353 e. The summed E-state index contributed by atoms with van der Waals surface area (Å²) in [6, 6.07) is 0.926. The Bertz CT molecular complexity index is 260. The molecular formula is C17H34N2O. The molecule has 3 heteroatoms. The number of unbranched alkanes of at least 4 members (excludes halogenated alkanes) is 2. The fraction of sp³-hybridized carbons (Fsp3) is 0.941. The van der Waals surface area contributed by atoms with Crippen molar-refractivity contribution in [3.63, 3.8) is 0 Å². The van der Waals surface area contributed by atoms with E-state index in [4.69, 9.17) is 0 Å². The molecule has 1 atom stereocenters. The quantitative estimate of drug-likeness (QED) is 0.543. The van der Waals surface area contributed by atoms with Crippen molar-refractivity contribution in [3.05, 3.63) is 0 Å². The second kappa shape index (κ2) is 10.2. The normalized spacial score (nSPS) is 18.8. The lowest BCUT2D eigenvalue weighted by Crippen LogP contribution is -2.43. The van der Waals surface area contributed by atoms with Crippen LogP contribution in [0.15, 0.2) is 0 Å². The van der Waals surface area contributed by atoms with Gasteiger partial charge in [-0.2, -0.15) is 0 Å². The van der Waals surface area contributed by atoms with Gasteiger partial charge in [0.25, 0.3) is 0 Å². The van der Waals surface area contributed by atoms with Crippen molar-refractivity contribution in [1.29, 1.82) is 0 Å². The number of nitrogens with zero attached hydrogens (tertiary/aromatic N) is 1. The van der Waals surface area contributed by atoms with E-state index in [9.17, 15) is 4.79 Å². The van der Waals surface area contributed by atoms with Gasteiger partial charge in [-0.3, -0.25) is 9.69 Å². The minimum atomic E-state index is 0.195. The molecule has 118 valence electrons. The van der Waals surface area contributed by atoms with E-state index in [0.717, 1.165) is 6.42 Å². The predicted octanol–water partition coefficient (Wildman–Crippen LogP) is 3.73. The highest BCUT2D eigenvalue weighted by atomic mass is 16.2. The average Bonchev–Trinajstić information content (AvgIpc) is 2.67. The smallest absolute Gasteiger partial charge is 0.234 e. The maximum Gasteiger partial charge on any atom is 0.234 e. The number of nitrogens with one attached hydrogen (secondary N) is 1. The summed E-state index contributed by atoms with van der Waals surface area (Å²) in [5.74, 6) is 0.195. The van der Waals surface area contributed by atoms with Gasteiger partial charge in [0, 0.05) is 12.1 Å². The lowest BCUT2D eigenvalue weighted by molar-refractivity contribution is -0.123. The number of rotatable bonds is 8. The summed E-state index contributed by atoms with van der Waals surface area (Å²) in [4.78, 5) is 14.3. The zero-order chi connectivity index (χ0) is 14.8. The summed E-state index contributed by atoms with van der Waals surface area (Å²) in [5, 5.41) is 3.14. The van der Waals surface area contributed by atoms with Crippen molar-refractivity contribution in [2.75, 3.05) is 13.6 Å². The maximum atomic E-state index is 12.1. The first-order chi connectivity index (χ1) is 9.63. The van der Waals surface area contributed by atoms with Crippen molar-refractivity contribution in [1.82, 2.24) is 10.2 Å². The van der Waals surface area contributed by atoms with Crippen LogP contribution in [0.4, 0.5) is 0 Å². The molecule has 1 fully saturated rings. The Morgan fingerprint density at radius 1 is 1.20 bits per heavy atom. The lowest BCUT2D eigenvalue weighted by atomic mass is 10.1. The van der Waals surface area contributed by atoms with Crippen LogP contribution in [-0.2, 0) is 4.79 Å². The highest BCUT2D eigenvalue weighted by Crippen LogP contribution is 2.20. The Balaban J connectivity index is 2.22. The number of amides is 1. The minimum absolute atomic E-state index is 0.195. The molecule has 0 saturated heterocycles. The first kappa shape index (κ1) is 17.5. The molecule has 1 unspecified atom stereocenters. The molecule has 1 aliphatic carbocycles. The number of carbonyl (C=O) groups is 1. The van der Waals surface area contributed by atoms with E-state index in [2.05, 4.69) is 31.1 Å². The van der Waals surface area contributed by atoms with E-state index in [0.29, 0.717) is 18.6 Å². The monoisotopic (exact) mass is 282 g/mol. The molecular weight excluding hydrogens is 248 g/mol. The number of carbonyl (C=O) groups excluding carboxylic acids is 1. The van der Waals surface area contributed by atoms with Gasteiger partial charge < -0.3 is 5.32 Å². The molecule has 0 bridgehead atoms. The topological polar surface area (TPSA) is 32.3 Å². The van der Waals surface area contributed by atoms with Crippen molar-refractivity contribution >= 4 is 5.91 Å². The summed E-state index contributed by atoms with van der Waals surface area (Å²) >= 11 is 0. The van der Waals surface area contributed by atoms with Crippen LogP contribution in [0.2, 0.25) is 0 Å². The SMILES string of the molecule is CCCCCC(C)NC(=O)CN(C)C1CCCCCC1. The molecule has 0 radical (unpaired) electrons. The summed E-state index contributed by atoms with van der Waals surface area (Å²) in [5.41, 5.74) is 0. The third-order valence-electron chi connectivity index (χ3n) is 4.49. The Morgan fingerprint density at radius 2 is 1.85 bits per heavy atom. The Hall–Kier alpha value is -0.570. The van der Waals surface area contributed by atoms with Crippen LogP contribution in [0.5, 0.6) is 0 Å². The van der Waals surface area contributed by atoms with Crippen LogP contribution in [-0.4, -0.2) is 36.5 Å². The number of likely N-dealkylation sites (N-methyl/N-ethyl adjacent to an activating group) is 1. The van der Waals surface area contributed by atoms with E-state index in [1.165, 1.54) is 57.8 Å². The maximum absolute atomic E-state index is 12.1. The highest BCUT2D eigenvalue weighted by Gasteiger charge is 2.19. The van der Waals surface area contributed by atoms with Crippen LogP contribution in [0, 0.1) is 0 Å². The molecule has 1 saturated carbocycles. The van der Waals surface area contributed by atoms with Gasteiger partial charge in [-0.15, -0.1) is 0 Å². The summed E-state index contributed by atoms with van der Waals surface area (Å²) in [6.45, 7) is 4.90. The molecule has 0 aromatic rings. The molecule has 0 aromatic heterocycles. The third kappa shape index (κ3) is 7.28. The largest absolute Gasteiger partial charge is 0.353 e. The molecule has 1 amide bonds. The van der Waals surface area contributed by atoms with Crippen molar-refractivity contribution in [2.45, 2.75) is 90.1 Å². The van der Waals surface area contributed by atoms with Gasteiger partial charge in [-0.25, -0.2) is 0 Å². The Morgan fingerprint density at radius 3 is 2.45 bits per heavy atom. The first-order valence-electron chi connectivity index (χ1n) is 8.63. The second-order valence-electron chi connectivity index (χ2n) is 6.52. The Labute approximate surface area is 125 Å². The van der Waals surface area contributed by atoms with Crippen molar-refractivity contribution < 1.29 is 4.79 Å². The molecule has 1 rings (SSSR count). The van der Waals surface area contributed by atoms with Gasteiger partial charge in [0.2, 0.25) is 5.91 Å². The average molecular weight is 282 g/mol. The number of hydrogen-bond acceptors (Lipinski definition) is 2. The first-order valence-corrected chi connectivity index (χ1v) is 8.63. The van der Waals surface area contributed by atoms with Gasteiger partial charge >= 0.3 is 0 Å². The predicted molar refractivity (Wildman–Crippen MR) is 85.9 cm³/mol. The highest BCUT2D eigenvalue weighted by molar-refractivity contribution is 5.78. The van der Waals surface area contributed by atoms with Gasteiger partial charge in [0.1, 0.15) is 0 Å². The lowest BCUT2D eigenvalue weighted by Gasteiger charge is -2.27. The fourth-order valence-electron chi connectivity index (χ4n) is 3.15. The van der Waals surface area contributed by atoms with Crippen molar-refractivity contribution in [2.24, 2.45) is 0 Å². The van der Waals surface area contributed by atoms with E-state index < -0.39 is 0 Å². The zero-order valence-electron chi connectivity index (χ0n) is 13.8.